The van der Waals surface area contributed by atoms with Gasteiger partial charge in [0.15, 0.2) is 0 Å². The monoisotopic (exact) mass is 305 g/mol. The fourth-order valence-electron chi connectivity index (χ4n) is 2.87. The molecule has 0 bridgehead atoms. The molecule has 1 aliphatic carbocycles. The van der Waals surface area contributed by atoms with Crippen LogP contribution < -0.4 is 5.32 Å². The molecule has 0 aromatic carbocycles. The normalized spacial score (nSPS) is 19.0. The molecule has 0 spiro atoms. The molecule has 1 aromatic heterocycles. The Hall–Kier alpha value is -1.55. The molecule has 1 amide bonds. The van der Waals surface area contributed by atoms with Crippen molar-refractivity contribution in [1.29, 1.82) is 0 Å². The van der Waals surface area contributed by atoms with Crippen LogP contribution in [0.2, 0.25) is 5.02 Å². The van der Waals surface area contributed by atoms with Crippen LogP contribution in [0.25, 0.3) is 0 Å². The summed E-state index contributed by atoms with van der Waals surface area (Å²) < 4.78 is 0. The van der Waals surface area contributed by atoms with E-state index in [2.05, 4.69) is 22.5 Å². The Kier molecular flexibility index (Phi) is 4.44. The van der Waals surface area contributed by atoms with Gasteiger partial charge in [-0.2, -0.15) is 0 Å². The fraction of sp³-hybridized carbons (Fsp3) is 0.500. The Morgan fingerprint density at radius 2 is 1.95 bits per heavy atom. The smallest absolute Gasteiger partial charge is 0.255 e. The molecule has 4 nitrogen and oxygen atoms in total. The van der Waals surface area contributed by atoms with Gasteiger partial charge >= 0.3 is 0 Å². The van der Waals surface area contributed by atoms with Gasteiger partial charge in [0, 0.05) is 25.3 Å². The summed E-state index contributed by atoms with van der Waals surface area (Å²) in [5.74, 6) is 0.707. The van der Waals surface area contributed by atoms with Crippen molar-refractivity contribution in [3.05, 3.63) is 35.0 Å². The number of rotatable bonds is 3. The van der Waals surface area contributed by atoms with E-state index in [9.17, 15) is 4.79 Å². The summed E-state index contributed by atoms with van der Waals surface area (Å²) in [5.41, 5.74) is 0.581. The highest BCUT2D eigenvalue weighted by Crippen LogP contribution is 2.24. The molecule has 1 aromatic rings. The largest absolute Gasteiger partial charge is 0.365 e. The van der Waals surface area contributed by atoms with E-state index in [1.54, 1.807) is 12.3 Å². The lowest BCUT2D eigenvalue weighted by Gasteiger charge is -2.26. The summed E-state index contributed by atoms with van der Waals surface area (Å²) in [6, 6.07) is 2.09. The molecule has 112 valence electrons. The number of carbonyl (C=O) groups is 1. The number of hydrogen-bond acceptors (Lipinski definition) is 3. The first-order chi connectivity index (χ1) is 10.2. The number of hydrogen-bond donors (Lipinski definition) is 1. The SMILES string of the molecule is O=C(c1cnc(NC2CC=CC2)c(Cl)c1)N1CCCCC1. The zero-order valence-electron chi connectivity index (χ0n) is 12.0. The number of anilines is 1. The molecule has 2 heterocycles. The van der Waals surface area contributed by atoms with E-state index in [1.807, 2.05) is 4.90 Å². The van der Waals surface area contributed by atoms with Crippen molar-refractivity contribution < 1.29 is 4.79 Å². The Morgan fingerprint density at radius 3 is 2.62 bits per heavy atom. The lowest BCUT2D eigenvalue weighted by Crippen LogP contribution is -2.35. The Morgan fingerprint density at radius 1 is 1.24 bits per heavy atom. The topological polar surface area (TPSA) is 45.2 Å². The Bertz CT molecular complexity index is 544. The van der Waals surface area contributed by atoms with E-state index < -0.39 is 0 Å². The third-order valence-corrected chi connectivity index (χ3v) is 4.37. The zero-order valence-corrected chi connectivity index (χ0v) is 12.8. The maximum absolute atomic E-state index is 12.4. The number of aromatic nitrogens is 1. The van der Waals surface area contributed by atoms with Gasteiger partial charge in [-0.25, -0.2) is 4.98 Å². The van der Waals surface area contributed by atoms with Gasteiger partial charge in [-0.15, -0.1) is 0 Å². The molecule has 21 heavy (non-hydrogen) atoms. The molecule has 0 unspecified atom stereocenters. The Balaban J connectivity index is 1.69. The first kappa shape index (κ1) is 14.4. The van der Waals surface area contributed by atoms with E-state index in [1.165, 1.54) is 6.42 Å². The summed E-state index contributed by atoms with van der Waals surface area (Å²) in [4.78, 5) is 18.6. The van der Waals surface area contributed by atoms with Gasteiger partial charge in [0.05, 0.1) is 10.6 Å². The lowest BCUT2D eigenvalue weighted by molar-refractivity contribution is 0.0724. The predicted molar refractivity (Wildman–Crippen MR) is 84.8 cm³/mol. The van der Waals surface area contributed by atoms with Gasteiger partial charge in [0.2, 0.25) is 0 Å². The molecule has 0 atom stereocenters. The maximum atomic E-state index is 12.4. The van der Waals surface area contributed by atoms with Crippen LogP contribution in [0.5, 0.6) is 0 Å². The number of carbonyl (C=O) groups excluding carboxylic acids is 1. The number of halogens is 1. The van der Waals surface area contributed by atoms with Crippen LogP contribution >= 0.6 is 11.6 Å². The van der Waals surface area contributed by atoms with E-state index in [0.717, 1.165) is 38.8 Å². The summed E-state index contributed by atoms with van der Waals surface area (Å²) in [6.45, 7) is 1.67. The van der Waals surface area contributed by atoms with Crippen molar-refractivity contribution in [2.24, 2.45) is 0 Å². The molecule has 2 aliphatic rings. The second-order valence-electron chi connectivity index (χ2n) is 5.69. The maximum Gasteiger partial charge on any atom is 0.255 e. The molecule has 0 radical (unpaired) electrons. The highest BCUT2D eigenvalue weighted by molar-refractivity contribution is 6.33. The molecule has 1 aliphatic heterocycles. The standard InChI is InChI=1S/C16H20ClN3O/c17-14-10-12(16(21)20-8-4-1-5-9-20)11-18-15(14)19-13-6-2-3-7-13/h2-3,10-11,13H,1,4-9H2,(H,18,19). The van der Waals surface area contributed by atoms with E-state index in [0.29, 0.717) is 22.4 Å². The van der Waals surface area contributed by atoms with Crippen molar-refractivity contribution in [3.63, 3.8) is 0 Å². The summed E-state index contributed by atoms with van der Waals surface area (Å²) >= 11 is 6.27. The average Bonchev–Trinajstić information content (AvgIpc) is 3.02. The number of likely N-dealkylation sites (tertiary alicyclic amines) is 1. The van der Waals surface area contributed by atoms with E-state index in [4.69, 9.17) is 11.6 Å². The van der Waals surface area contributed by atoms with Crippen LogP contribution in [-0.2, 0) is 0 Å². The fourth-order valence-corrected chi connectivity index (χ4v) is 3.09. The van der Waals surface area contributed by atoms with Crippen LogP contribution in [0.1, 0.15) is 42.5 Å². The number of nitrogens with one attached hydrogen (secondary N) is 1. The Labute approximate surface area is 130 Å². The van der Waals surface area contributed by atoms with Gasteiger partial charge in [0.1, 0.15) is 5.82 Å². The van der Waals surface area contributed by atoms with Crippen LogP contribution in [-0.4, -0.2) is 34.9 Å². The molecular formula is C16H20ClN3O. The highest BCUT2D eigenvalue weighted by Gasteiger charge is 2.20. The van der Waals surface area contributed by atoms with Gasteiger partial charge in [-0.05, 0) is 38.2 Å². The molecule has 5 heteroatoms. The number of nitrogens with zero attached hydrogens (tertiary/aromatic N) is 2. The average molecular weight is 306 g/mol. The molecule has 3 rings (SSSR count). The predicted octanol–water partition coefficient (Wildman–Crippen LogP) is 3.49. The van der Waals surface area contributed by atoms with Gasteiger partial charge in [-0.3, -0.25) is 4.79 Å². The quantitative estimate of drug-likeness (QED) is 0.869. The zero-order chi connectivity index (χ0) is 14.7. The minimum absolute atomic E-state index is 0.0400. The second kappa shape index (κ2) is 6.48. The van der Waals surface area contributed by atoms with Gasteiger partial charge < -0.3 is 10.2 Å². The van der Waals surface area contributed by atoms with Crippen LogP contribution in [0.3, 0.4) is 0 Å². The molecule has 1 N–H and O–H groups in total. The number of amides is 1. The van der Waals surface area contributed by atoms with Gasteiger partial charge in [-0.1, -0.05) is 23.8 Å². The van der Waals surface area contributed by atoms with Crippen LogP contribution in [0.4, 0.5) is 5.82 Å². The van der Waals surface area contributed by atoms with Crippen molar-refractivity contribution in [1.82, 2.24) is 9.88 Å². The van der Waals surface area contributed by atoms with Gasteiger partial charge in [0.25, 0.3) is 5.91 Å². The molecule has 0 saturated carbocycles. The molecule has 1 fully saturated rings. The first-order valence-corrected chi connectivity index (χ1v) is 7.98. The van der Waals surface area contributed by atoms with Crippen molar-refractivity contribution >= 4 is 23.3 Å². The molecule has 1 saturated heterocycles. The van der Waals surface area contributed by atoms with Crippen molar-refractivity contribution in [2.45, 2.75) is 38.1 Å². The van der Waals surface area contributed by atoms with Crippen LogP contribution in [0.15, 0.2) is 24.4 Å². The summed E-state index contributed by atoms with van der Waals surface area (Å²) in [5, 5.41) is 3.84. The van der Waals surface area contributed by atoms with E-state index in [-0.39, 0.29) is 5.91 Å². The summed E-state index contributed by atoms with van der Waals surface area (Å²) in [6.07, 6.45) is 11.3. The van der Waals surface area contributed by atoms with Crippen molar-refractivity contribution in [2.75, 3.05) is 18.4 Å². The second-order valence-corrected chi connectivity index (χ2v) is 6.10. The number of piperidine rings is 1. The van der Waals surface area contributed by atoms with Crippen molar-refractivity contribution in [3.8, 4) is 0 Å². The highest BCUT2D eigenvalue weighted by atomic mass is 35.5. The number of pyridine rings is 1. The minimum atomic E-state index is 0.0400. The summed E-state index contributed by atoms with van der Waals surface area (Å²) in [7, 11) is 0. The third kappa shape index (κ3) is 3.38. The van der Waals surface area contributed by atoms with E-state index >= 15 is 0 Å². The molecular weight excluding hydrogens is 286 g/mol. The third-order valence-electron chi connectivity index (χ3n) is 4.08. The van der Waals surface area contributed by atoms with Crippen LogP contribution in [0, 0.1) is 0 Å². The lowest BCUT2D eigenvalue weighted by atomic mass is 10.1. The minimum Gasteiger partial charge on any atom is -0.365 e. The first-order valence-electron chi connectivity index (χ1n) is 7.60.